The lowest BCUT2D eigenvalue weighted by Gasteiger charge is -2.18. The third-order valence-electron chi connectivity index (χ3n) is 3.42. The van der Waals surface area contributed by atoms with E-state index in [1.807, 2.05) is 23.6 Å². The minimum atomic E-state index is 0.215. The molecule has 0 spiro atoms. The van der Waals surface area contributed by atoms with Crippen LogP contribution in [0.4, 0.5) is 5.82 Å². The maximum atomic E-state index is 4.40. The summed E-state index contributed by atoms with van der Waals surface area (Å²) in [5.41, 5.74) is 2.01. The second-order valence-corrected chi connectivity index (χ2v) is 4.73. The highest BCUT2D eigenvalue weighted by molar-refractivity contribution is 5.62. The van der Waals surface area contributed by atoms with Gasteiger partial charge < -0.3 is 5.32 Å². The molecular weight excluding hydrogens is 250 g/mol. The van der Waals surface area contributed by atoms with Gasteiger partial charge in [0.05, 0.1) is 6.04 Å². The number of aromatic nitrogens is 4. The van der Waals surface area contributed by atoms with Crippen LogP contribution < -0.4 is 5.32 Å². The first-order valence-corrected chi connectivity index (χ1v) is 6.77. The van der Waals surface area contributed by atoms with Gasteiger partial charge in [-0.1, -0.05) is 37.3 Å². The van der Waals surface area contributed by atoms with Crippen molar-refractivity contribution in [2.45, 2.75) is 26.3 Å². The van der Waals surface area contributed by atoms with E-state index in [0.29, 0.717) is 0 Å². The molecule has 0 aliphatic carbocycles. The molecule has 1 aromatic carbocycles. The summed E-state index contributed by atoms with van der Waals surface area (Å²) >= 11 is 0. The Morgan fingerprint density at radius 3 is 2.75 bits per heavy atom. The Hall–Kier alpha value is -2.43. The monoisotopic (exact) mass is 267 g/mol. The molecule has 1 atom stereocenters. The van der Waals surface area contributed by atoms with Crippen LogP contribution in [0.25, 0.3) is 5.65 Å². The van der Waals surface area contributed by atoms with Crippen LogP contribution in [0.5, 0.6) is 0 Å². The van der Waals surface area contributed by atoms with Gasteiger partial charge in [-0.25, -0.2) is 4.98 Å². The van der Waals surface area contributed by atoms with Gasteiger partial charge in [-0.3, -0.25) is 4.40 Å². The predicted molar refractivity (Wildman–Crippen MR) is 78.6 cm³/mol. The third kappa shape index (κ3) is 2.22. The standard InChI is InChI=1S/C15H17N5/c1-3-13(12-7-5-4-6-8-12)17-14-15-19-18-11(2)20(15)10-9-16-14/h4-10,13H,3H2,1-2H3,(H,16,17). The Labute approximate surface area is 117 Å². The highest BCUT2D eigenvalue weighted by atomic mass is 15.3. The maximum Gasteiger partial charge on any atom is 0.203 e. The van der Waals surface area contributed by atoms with E-state index in [1.54, 1.807) is 6.20 Å². The lowest BCUT2D eigenvalue weighted by atomic mass is 10.0. The SMILES string of the molecule is CCC(Nc1nccn2c(C)nnc12)c1ccccc1. The summed E-state index contributed by atoms with van der Waals surface area (Å²) in [5, 5.41) is 11.7. The fourth-order valence-electron chi connectivity index (χ4n) is 2.31. The Balaban J connectivity index is 1.96. The summed E-state index contributed by atoms with van der Waals surface area (Å²) in [6, 6.07) is 10.6. The van der Waals surface area contributed by atoms with Crippen LogP contribution in [0.15, 0.2) is 42.7 Å². The smallest absolute Gasteiger partial charge is 0.203 e. The molecule has 0 aliphatic heterocycles. The van der Waals surface area contributed by atoms with E-state index >= 15 is 0 Å². The van der Waals surface area contributed by atoms with Gasteiger partial charge >= 0.3 is 0 Å². The molecule has 0 aliphatic rings. The maximum absolute atomic E-state index is 4.40. The number of fused-ring (bicyclic) bond motifs is 1. The van der Waals surface area contributed by atoms with E-state index in [1.165, 1.54) is 5.56 Å². The molecule has 0 radical (unpaired) electrons. The van der Waals surface area contributed by atoms with Crippen molar-refractivity contribution in [2.24, 2.45) is 0 Å². The second-order valence-electron chi connectivity index (χ2n) is 4.73. The molecule has 2 heterocycles. The largest absolute Gasteiger partial charge is 0.360 e. The van der Waals surface area contributed by atoms with Crippen molar-refractivity contribution in [1.29, 1.82) is 0 Å². The Morgan fingerprint density at radius 2 is 2.00 bits per heavy atom. The number of nitrogens with zero attached hydrogens (tertiary/aromatic N) is 4. The minimum Gasteiger partial charge on any atom is -0.360 e. The average Bonchev–Trinajstić information content (AvgIpc) is 2.88. The molecular formula is C15H17N5. The number of aryl methyl sites for hydroxylation is 1. The Kier molecular flexibility index (Phi) is 3.33. The van der Waals surface area contributed by atoms with Crippen molar-refractivity contribution in [3.05, 3.63) is 54.1 Å². The van der Waals surface area contributed by atoms with Gasteiger partial charge in [0, 0.05) is 12.4 Å². The summed E-state index contributed by atoms with van der Waals surface area (Å²) in [5.74, 6) is 1.63. The summed E-state index contributed by atoms with van der Waals surface area (Å²) in [6.45, 7) is 4.08. The quantitative estimate of drug-likeness (QED) is 0.789. The molecule has 5 heteroatoms. The van der Waals surface area contributed by atoms with Crippen LogP contribution in [0.3, 0.4) is 0 Å². The molecule has 0 amide bonds. The highest BCUT2D eigenvalue weighted by Crippen LogP contribution is 2.23. The number of hydrogen-bond donors (Lipinski definition) is 1. The summed E-state index contributed by atoms with van der Waals surface area (Å²) in [7, 11) is 0. The minimum absolute atomic E-state index is 0.215. The van der Waals surface area contributed by atoms with Crippen molar-refractivity contribution in [3.63, 3.8) is 0 Å². The number of anilines is 1. The predicted octanol–water partition coefficient (Wildman–Crippen LogP) is 3.00. The van der Waals surface area contributed by atoms with Gasteiger partial charge in [0.2, 0.25) is 5.65 Å². The van der Waals surface area contributed by atoms with Gasteiger partial charge in [0.25, 0.3) is 0 Å². The van der Waals surface area contributed by atoms with Crippen molar-refractivity contribution in [3.8, 4) is 0 Å². The molecule has 0 fully saturated rings. The lowest BCUT2D eigenvalue weighted by molar-refractivity contribution is 0.744. The van der Waals surface area contributed by atoms with E-state index in [4.69, 9.17) is 0 Å². The molecule has 3 aromatic rings. The second kappa shape index (κ2) is 5.28. The number of benzene rings is 1. The van der Waals surface area contributed by atoms with E-state index in [0.717, 1.165) is 23.7 Å². The van der Waals surface area contributed by atoms with E-state index < -0.39 is 0 Å². The summed E-state index contributed by atoms with van der Waals surface area (Å²) in [4.78, 5) is 4.40. The van der Waals surface area contributed by atoms with Crippen LogP contribution in [-0.2, 0) is 0 Å². The van der Waals surface area contributed by atoms with Gasteiger partial charge in [-0.05, 0) is 18.9 Å². The fraction of sp³-hybridized carbons (Fsp3) is 0.267. The Morgan fingerprint density at radius 1 is 1.20 bits per heavy atom. The van der Waals surface area contributed by atoms with Gasteiger partial charge in [0.1, 0.15) is 5.82 Å². The van der Waals surface area contributed by atoms with Gasteiger partial charge in [0.15, 0.2) is 5.82 Å². The molecule has 0 saturated heterocycles. The van der Waals surface area contributed by atoms with Crippen LogP contribution in [0, 0.1) is 6.92 Å². The lowest BCUT2D eigenvalue weighted by Crippen LogP contribution is -2.11. The van der Waals surface area contributed by atoms with Crippen LogP contribution in [0.2, 0.25) is 0 Å². The van der Waals surface area contributed by atoms with Gasteiger partial charge in [-0.15, -0.1) is 10.2 Å². The third-order valence-corrected chi connectivity index (χ3v) is 3.42. The number of nitrogens with one attached hydrogen (secondary N) is 1. The van der Waals surface area contributed by atoms with E-state index in [9.17, 15) is 0 Å². The molecule has 102 valence electrons. The molecule has 0 saturated carbocycles. The summed E-state index contributed by atoms with van der Waals surface area (Å²) < 4.78 is 1.94. The topological polar surface area (TPSA) is 55.1 Å². The molecule has 2 aromatic heterocycles. The van der Waals surface area contributed by atoms with E-state index in [2.05, 4.69) is 51.7 Å². The molecule has 5 nitrogen and oxygen atoms in total. The number of hydrogen-bond acceptors (Lipinski definition) is 4. The highest BCUT2D eigenvalue weighted by Gasteiger charge is 2.13. The average molecular weight is 267 g/mol. The van der Waals surface area contributed by atoms with Gasteiger partial charge in [-0.2, -0.15) is 0 Å². The molecule has 20 heavy (non-hydrogen) atoms. The summed E-state index contributed by atoms with van der Waals surface area (Å²) in [6.07, 6.45) is 4.61. The first-order valence-electron chi connectivity index (χ1n) is 6.77. The molecule has 3 rings (SSSR count). The zero-order chi connectivity index (χ0) is 13.9. The zero-order valence-corrected chi connectivity index (χ0v) is 11.6. The first kappa shape index (κ1) is 12.6. The van der Waals surface area contributed by atoms with Crippen LogP contribution in [-0.4, -0.2) is 19.6 Å². The van der Waals surface area contributed by atoms with Crippen molar-refractivity contribution in [1.82, 2.24) is 19.6 Å². The van der Waals surface area contributed by atoms with Crippen molar-refractivity contribution < 1.29 is 0 Å². The van der Waals surface area contributed by atoms with Crippen LogP contribution >= 0.6 is 0 Å². The number of rotatable bonds is 4. The van der Waals surface area contributed by atoms with Crippen molar-refractivity contribution in [2.75, 3.05) is 5.32 Å². The Bertz CT molecular complexity index is 705. The molecule has 0 bridgehead atoms. The van der Waals surface area contributed by atoms with Crippen molar-refractivity contribution >= 4 is 11.5 Å². The molecule has 1 N–H and O–H groups in total. The van der Waals surface area contributed by atoms with E-state index in [-0.39, 0.29) is 6.04 Å². The zero-order valence-electron chi connectivity index (χ0n) is 11.6. The van der Waals surface area contributed by atoms with Crippen LogP contribution in [0.1, 0.15) is 30.8 Å². The first-order chi connectivity index (χ1) is 9.79. The molecule has 1 unspecified atom stereocenters. The fourth-order valence-corrected chi connectivity index (χ4v) is 2.31. The normalized spacial score (nSPS) is 12.5.